The molecule has 0 aliphatic carbocycles. The predicted octanol–water partition coefficient (Wildman–Crippen LogP) is 5.64. The van der Waals surface area contributed by atoms with Gasteiger partial charge in [0.25, 0.3) is 0 Å². The zero-order valence-electron chi connectivity index (χ0n) is 11.8. The quantitative estimate of drug-likeness (QED) is 0.511. The fourth-order valence-corrected chi connectivity index (χ4v) is 2.74. The van der Waals surface area contributed by atoms with Crippen molar-refractivity contribution in [1.82, 2.24) is 0 Å². The number of furan rings is 1. The average molecular weight is 273 g/mol. The molecule has 3 aromatic carbocycles. The van der Waals surface area contributed by atoms with Crippen LogP contribution in [-0.2, 0) is 0 Å². The smallest absolute Gasteiger partial charge is 0.158 e. The number of rotatable bonds is 2. The zero-order chi connectivity index (χ0) is 14.2. The Bertz CT molecular complexity index is 922. The van der Waals surface area contributed by atoms with Crippen LogP contribution in [0.1, 0.15) is 5.56 Å². The van der Waals surface area contributed by atoms with E-state index in [-0.39, 0.29) is 0 Å². The molecule has 2 heteroatoms. The van der Waals surface area contributed by atoms with Crippen LogP contribution >= 0.6 is 0 Å². The van der Waals surface area contributed by atoms with E-state index < -0.39 is 0 Å². The van der Waals surface area contributed by atoms with Crippen LogP contribution in [0.2, 0.25) is 0 Å². The molecule has 0 saturated heterocycles. The summed E-state index contributed by atoms with van der Waals surface area (Å²) < 4.78 is 6.12. The third kappa shape index (κ3) is 1.96. The van der Waals surface area contributed by atoms with Crippen molar-refractivity contribution >= 4 is 33.3 Å². The summed E-state index contributed by atoms with van der Waals surface area (Å²) in [6.07, 6.45) is 0. The summed E-state index contributed by atoms with van der Waals surface area (Å²) in [7, 11) is 0. The Morgan fingerprint density at radius 1 is 0.714 bits per heavy atom. The average Bonchev–Trinajstić information content (AvgIpc) is 2.90. The van der Waals surface area contributed by atoms with Crippen molar-refractivity contribution in [3.05, 3.63) is 72.3 Å². The summed E-state index contributed by atoms with van der Waals surface area (Å²) in [6.45, 7) is 2.08. The summed E-state index contributed by atoms with van der Waals surface area (Å²) in [5.41, 5.74) is 5.09. The first-order chi connectivity index (χ1) is 10.3. The summed E-state index contributed by atoms with van der Waals surface area (Å²) in [6, 6.07) is 22.6. The van der Waals surface area contributed by atoms with E-state index in [4.69, 9.17) is 4.42 Å². The normalized spacial score (nSPS) is 11.1. The van der Waals surface area contributed by atoms with Gasteiger partial charge >= 0.3 is 0 Å². The zero-order valence-corrected chi connectivity index (χ0v) is 11.8. The van der Waals surface area contributed by atoms with Gasteiger partial charge in [0.15, 0.2) is 5.58 Å². The molecule has 2 nitrogen and oxygen atoms in total. The standard InChI is InChI=1S/C19H15NO/c1-13-7-5-10-15-16-11-6-12-17(19(16)21-18(13)15)20-14-8-3-2-4-9-14/h2-12,20H,1H3. The van der Waals surface area contributed by atoms with Gasteiger partial charge in [-0.3, -0.25) is 0 Å². The second kappa shape index (κ2) is 4.67. The van der Waals surface area contributed by atoms with E-state index in [0.717, 1.165) is 33.5 Å². The molecule has 4 rings (SSSR count). The Hall–Kier alpha value is -2.74. The van der Waals surface area contributed by atoms with E-state index in [0.29, 0.717) is 0 Å². The molecule has 0 unspecified atom stereocenters. The second-order valence-corrected chi connectivity index (χ2v) is 5.23. The Labute approximate surface area is 123 Å². The number of anilines is 2. The van der Waals surface area contributed by atoms with Gasteiger partial charge in [0.05, 0.1) is 5.69 Å². The van der Waals surface area contributed by atoms with E-state index in [2.05, 4.69) is 42.6 Å². The van der Waals surface area contributed by atoms with Crippen LogP contribution < -0.4 is 5.32 Å². The lowest BCUT2D eigenvalue weighted by molar-refractivity contribution is 0.667. The van der Waals surface area contributed by atoms with E-state index >= 15 is 0 Å². The van der Waals surface area contributed by atoms with E-state index in [1.165, 1.54) is 5.39 Å². The number of benzene rings is 3. The third-order valence-electron chi connectivity index (χ3n) is 3.77. The van der Waals surface area contributed by atoms with Crippen LogP contribution in [0.15, 0.2) is 71.1 Å². The number of fused-ring (bicyclic) bond motifs is 3. The first-order valence-corrected chi connectivity index (χ1v) is 7.06. The SMILES string of the molecule is Cc1cccc2c1oc1c(Nc3ccccc3)cccc12. The molecule has 1 N–H and O–H groups in total. The summed E-state index contributed by atoms with van der Waals surface area (Å²) in [5, 5.41) is 5.75. The van der Waals surface area contributed by atoms with Crippen molar-refractivity contribution < 1.29 is 4.42 Å². The minimum Gasteiger partial charge on any atom is -0.454 e. The number of hydrogen-bond acceptors (Lipinski definition) is 2. The van der Waals surface area contributed by atoms with Crippen LogP contribution in [0.5, 0.6) is 0 Å². The molecule has 0 spiro atoms. The molecule has 0 radical (unpaired) electrons. The lowest BCUT2D eigenvalue weighted by Gasteiger charge is -2.06. The Balaban J connectivity index is 1.94. The van der Waals surface area contributed by atoms with Gasteiger partial charge in [-0.2, -0.15) is 0 Å². The van der Waals surface area contributed by atoms with Gasteiger partial charge in [-0.15, -0.1) is 0 Å². The maximum atomic E-state index is 6.12. The molecule has 0 bridgehead atoms. The lowest BCUT2D eigenvalue weighted by atomic mass is 10.1. The lowest BCUT2D eigenvalue weighted by Crippen LogP contribution is -1.89. The molecular weight excluding hydrogens is 258 g/mol. The van der Waals surface area contributed by atoms with Crippen molar-refractivity contribution in [3.8, 4) is 0 Å². The van der Waals surface area contributed by atoms with Gasteiger partial charge in [-0.05, 0) is 30.7 Å². The van der Waals surface area contributed by atoms with Crippen LogP contribution in [0.3, 0.4) is 0 Å². The molecule has 0 aliphatic rings. The largest absolute Gasteiger partial charge is 0.454 e. The molecule has 1 heterocycles. The first-order valence-electron chi connectivity index (χ1n) is 7.06. The van der Waals surface area contributed by atoms with Gasteiger partial charge in [0.2, 0.25) is 0 Å². The van der Waals surface area contributed by atoms with Crippen LogP contribution in [0, 0.1) is 6.92 Å². The highest BCUT2D eigenvalue weighted by atomic mass is 16.3. The molecule has 0 atom stereocenters. The fraction of sp³-hybridized carbons (Fsp3) is 0.0526. The van der Waals surface area contributed by atoms with Gasteiger partial charge in [-0.1, -0.05) is 48.5 Å². The van der Waals surface area contributed by atoms with Crippen molar-refractivity contribution in [2.24, 2.45) is 0 Å². The molecule has 102 valence electrons. The van der Waals surface area contributed by atoms with Crippen molar-refractivity contribution in [2.45, 2.75) is 6.92 Å². The first kappa shape index (κ1) is 12.0. The maximum Gasteiger partial charge on any atom is 0.158 e. The van der Waals surface area contributed by atoms with Crippen LogP contribution in [0.4, 0.5) is 11.4 Å². The van der Waals surface area contributed by atoms with E-state index in [1.54, 1.807) is 0 Å². The van der Waals surface area contributed by atoms with Gasteiger partial charge in [0, 0.05) is 16.5 Å². The number of nitrogens with one attached hydrogen (secondary N) is 1. The predicted molar refractivity (Wildman–Crippen MR) is 88.2 cm³/mol. The third-order valence-corrected chi connectivity index (χ3v) is 3.77. The highest BCUT2D eigenvalue weighted by Crippen LogP contribution is 2.35. The number of para-hydroxylation sites is 3. The van der Waals surface area contributed by atoms with Crippen molar-refractivity contribution in [2.75, 3.05) is 5.32 Å². The minimum atomic E-state index is 0.908. The Morgan fingerprint density at radius 3 is 2.24 bits per heavy atom. The molecule has 0 saturated carbocycles. The van der Waals surface area contributed by atoms with Gasteiger partial charge in [-0.25, -0.2) is 0 Å². The topological polar surface area (TPSA) is 25.2 Å². The maximum absolute atomic E-state index is 6.12. The fourth-order valence-electron chi connectivity index (χ4n) is 2.74. The molecule has 1 aromatic heterocycles. The summed E-state index contributed by atoms with van der Waals surface area (Å²) >= 11 is 0. The van der Waals surface area contributed by atoms with Crippen molar-refractivity contribution in [1.29, 1.82) is 0 Å². The summed E-state index contributed by atoms with van der Waals surface area (Å²) in [5.74, 6) is 0. The Kier molecular flexibility index (Phi) is 2.68. The highest BCUT2D eigenvalue weighted by molar-refractivity contribution is 6.09. The molecule has 0 amide bonds. The van der Waals surface area contributed by atoms with E-state index in [1.807, 2.05) is 36.4 Å². The second-order valence-electron chi connectivity index (χ2n) is 5.23. The Morgan fingerprint density at radius 2 is 1.43 bits per heavy atom. The van der Waals surface area contributed by atoms with Crippen LogP contribution in [-0.4, -0.2) is 0 Å². The highest BCUT2D eigenvalue weighted by Gasteiger charge is 2.11. The van der Waals surface area contributed by atoms with Gasteiger partial charge < -0.3 is 9.73 Å². The summed E-state index contributed by atoms with van der Waals surface area (Å²) in [4.78, 5) is 0. The van der Waals surface area contributed by atoms with Crippen molar-refractivity contribution in [3.63, 3.8) is 0 Å². The number of hydrogen-bond donors (Lipinski definition) is 1. The minimum absolute atomic E-state index is 0.908. The molecule has 21 heavy (non-hydrogen) atoms. The van der Waals surface area contributed by atoms with Crippen LogP contribution in [0.25, 0.3) is 21.9 Å². The monoisotopic (exact) mass is 273 g/mol. The van der Waals surface area contributed by atoms with Gasteiger partial charge in [0.1, 0.15) is 5.58 Å². The molecule has 0 aliphatic heterocycles. The van der Waals surface area contributed by atoms with E-state index in [9.17, 15) is 0 Å². The molecule has 0 fully saturated rings. The number of aryl methyl sites for hydroxylation is 1. The molecular formula is C19H15NO. The molecule has 4 aromatic rings.